The molecule has 4 rings (SSSR count). The van der Waals surface area contributed by atoms with Gasteiger partial charge in [0.25, 0.3) is 0 Å². The molecule has 7 heteroatoms. The van der Waals surface area contributed by atoms with E-state index in [0.717, 1.165) is 11.1 Å². The Morgan fingerprint density at radius 3 is 2.09 bits per heavy atom. The van der Waals surface area contributed by atoms with Crippen LogP contribution in [0.2, 0.25) is 0 Å². The molecule has 1 saturated heterocycles. The Morgan fingerprint density at radius 1 is 0.909 bits per heavy atom. The second-order valence-electron chi connectivity index (χ2n) is 7.82. The van der Waals surface area contributed by atoms with E-state index < -0.39 is 0 Å². The van der Waals surface area contributed by atoms with Crippen LogP contribution in [0.5, 0.6) is 11.5 Å². The minimum atomic E-state index is -0.320. The second-order valence-corrected chi connectivity index (χ2v) is 7.82. The van der Waals surface area contributed by atoms with Gasteiger partial charge in [0.2, 0.25) is 5.91 Å². The number of methoxy groups -OCH3 is 2. The molecule has 1 atom stereocenters. The van der Waals surface area contributed by atoms with Gasteiger partial charge in [-0.05, 0) is 23.3 Å². The van der Waals surface area contributed by atoms with Crippen molar-refractivity contribution in [2.24, 2.45) is 0 Å². The average Bonchev–Trinajstić information content (AvgIpc) is 3.22. The van der Waals surface area contributed by atoms with Crippen LogP contribution >= 0.6 is 0 Å². The molecule has 1 fully saturated rings. The fourth-order valence-corrected chi connectivity index (χ4v) is 4.05. The van der Waals surface area contributed by atoms with Gasteiger partial charge in [0.05, 0.1) is 26.3 Å². The summed E-state index contributed by atoms with van der Waals surface area (Å²) in [5.74, 6) is 1.08. The number of rotatable bonds is 7. The zero-order valence-electron chi connectivity index (χ0n) is 18.7. The minimum Gasteiger partial charge on any atom is -0.493 e. The fourth-order valence-electron chi connectivity index (χ4n) is 4.05. The molecular weight excluding hydrogens is 418 g/mol. The van der Waals surface area contributed by atoms with Crippen LogP contribution < -0.4 is 25.0 Å². The summed E-state index contributed by atoms with van der Waals surface area (Å²) in [6, 6.07) is 24.0. The Morgan fingerprint density at radius 2 is 1.52 bits per heavy atom. The highest BCUT2D eigenvalue weighted by Gasteiger charge is 2.32. The zero-order valence-corrected chi connectivity index (χ0v) is 18.7. The molecular formula is C26H27N3O4. The number of carbonyl (C=O) groups excluding carboxylic acids is 2. The van der Waals surface area contributed by atoms with Gasteiger partial charge in [-0.15, -0.1) is 0 Å². The Kier molecular flexibility index (Phi) is 6.78. The van der Waals surface area contributed by atoms with Gasteiger partial charge in [0.1, 0.15) is 0 Å². The highest BCUT2D eigenvalue weighted by atomic mass is 16.5. The number of benzene rings is 3. The molecule has 0 saturated carbocycles. The Bertz CT molecular complexity index is 1070. The molecule has 2 N–H and O–H groups in total. The summed E-state index contributed by atoms with van der Waals surface area (Å²) in [6.45, 7) is 0.378. The molecule has 0 aromatic heterocycles. The Hall–Kier alpha value is -4.00. The number of hydrogen-bond acceptors (Lipinski definition) is 4. The van der Waals surface area contributed by atoms with E-state index in [1.54, 1.807) is 31.3 Å². The summed E-state index contributed by atoms with van der Waals surface area (Å²) < 4.78 is 10.6. The van der Waals surface area contributed by atoms with E-state index >= 15 is 0 Å². The minimum absolute atomic E-state index is 0.0600. The quantitative estimate of drug-likeness (QED) is 0.578. The molecule has 3 aromatic rings. The number of carbonyl (C=O) groups is 2. The maximum atomic E-state index is 12.9. The molecule has 7 nitrogen and oxygen atoms in total. The van der Waals surface area contributed by atoms with E-state index in [1.807, 2.05) is 66.7 Å². The van der Waals surface area contributed by atoms with Gasteiger partial charge in [0.15, 0.2) is 11.5 Å². The third kappa shape index (κ3) is 5.09. The normalized spacial score (nSPS) is 15.4. The predicted octanol–water partition coefficient (Wildman–Crippen LogP) is 3.90. The van der Waals surface area contributed by atoms with E-state index in [4.69, 9.17) is 9.47 Å². The molecule has 1 aliphatic rings. The molecule has 0 aliphatic carbocycles. The first-order valence-electron chi connectivity index (χ1n) is 10.8. The first kappa shape index (κ1) is 22.2. The number of nitrogens with one attached hydrogen (secondary N) is 2. The van der Waals surface area contributed by atoms with Gasteiger partial charge in [-0.25, -0.2) is 4.79 Å². The SMILES string of the molecule is COc1ccc(N2C[C@@H](NC(=O)NC(c3ccccc3)c3ccccc3)CC2=O)cc1OC. The molecule has 0 bridgehead atoms. The number of ether oxygens (including phenoxy) is 2. The van der Waals surface area contributed by atoms with Gasteiger partial charge >= 0.3 is 6.03 Å². The Balaban J connectivity index is 1.45. The largest absolute Gasteiger partial charge is 0.493 e. The van der Waals surface area contributed by atoms with Crippen molar-refractivity contribution in [1.29, 1.82) is 0 Å². The summed E-state index contributed by atoms with van der Waals surface area (Å²) in [7, 11) is 3.12. The smallest absolute Gasteiger partial charge is 0.315 e. The number of hydrogen-bond donors (Lipinski definition) is 2. The Labute approximate surface area is 193 Å². The van der Waals surface area contributed by atoms with Crippen molar-refractivity contribution in [3.63, 3.8) is 0 Å². The average molecular weight is 446 g/mol. The van der Waals surface area contributed by atoms with Crippen LogP contribution in [0, 0.1) is 0 Å². The van der Waals surface area contributed by atoms with Crippen LogP contribution in [0.4, 0.5) is 10.5 Å². The molecule has 0 unspecified atom stereocenters. The summed E-state index contributed by atoms with van der Waals surface area (Å²) in [5, 5.41) is 6.02. The van der Waals surface area contributed by atoms with E-state index in [1.165, 1.54) is 0 Å². The lowest BCUT2D eigenvalue weighted by molar-refractivity contribution is -0.117. The van der Waals surface area contributed by atoms with Crippen molar-refractivity contribution >= 4 is 17.6 Å². The molecule has 1 aliphatic heterocycles. The van der Waals surface area contributed by atoms with Crippen molar-refractivity contribution in [1.82, 2.24) is 10.6 Å². The molecule has 1 heterocycles. The monoisotopic (exact) mass is 445 g/mol. The van der Waals surface area contributed by atoms with Crippen molar-refractivity contribution in [2.45, 2.75) is 18.5 Å². The highest BCUT2D eigenvalue weighted by Crippen LogP contribution is 2.33. The zero-order chi connectivity index (χ0) is 23.2. The lowest BCUT2D eigenvalue weighted by Crippen LogP contribution is -2.44. The summed E-state index contributed by atoms with van der Waals surface area (Å²) >= 11 is 0. The van der Waals surface area contributed by atoms with Crippen molar-refractivity contribution in [3.05, 3.63) is 90.0 Å². The number of nitrogens with zero attached hydrogens (tertiary/aromatic N) is 1. The molecule has 0 radical (unpaired) electrons. The maximum absolute atomic E-state index is 12.9. The van der Waals surface area contributed by atoms with Crippen LogP contribution in [0.1, 0.15) is 23.6 Å². The lowest BCUT2D eigenvalue weighted by Gasteiger charge is -2.22. The molecule has 170 valence electrons. The van der Waals surface area contributed by atoms with Crippen molar-refractivity contribution < 1.29 is 19.1 Å². The van der Waals surface area contributed by atoms with E-state index in [2.05, 4.69) is 10.6 Å². The second kappa shape index (κ2) is 10.1. The predicted molar refractivity (Wildman–Crippen MR) is 127 cm³/mol. The first-order chi connectivity index (χ1) is 16.1. The van der Waals surface area contributed by atoms with Crippen molar-refractivity contribution in [3.8, 4) is 11.5 Å². The van der Waals surface area contributed by atoms with Gasteiger partial charge < -0.3 is 25.0 Å². The topological polar surface area (TPSA) is 79.9 Å². The fraction of sp³-hybridized carbons (Fsp3) is 0.231. The van der Waals surface area contributed by atoms with E-state index in [9.17, 15) is 9.59 Å². The van der Waals surface area contributed by atoms with Crippen molar-refractivity contribution in [2.75, 3.05) is 25.7 Å². The van der Waals surface area contributed by atoms with Gasteiger partial charge in [-0.2, -0.15) is 0 Å². The molecule has 3 aromatic carbocycles. The lowest BCUT2D eigenvalue weighted by atomic mass is 9.99. The third-order valence-corrected chi connectivity index (χ3v) is 5.68. The molecule has 33 heavy (non-hydrogen) atoms. The maximum Gasteiger partial charge on any atom is 0.315 e. The number of urea groups is 1. The third-order valence-electron chi connectivity index (χ3n) is 5.68. The standard InChI is InChI=1S/C26H27N3O4/c1-32-22-14-13-21(16-23(22)33-2)29-17-20(15-24(29)30)27-26(31)28-25(18-9-5-3-6-10-18)19-11-7-4-8-12-19/h3-14,16,20,25H,15,17H2,1-2H3,(H2,27,28,31)/t20-/m0/s1. The molecule has 3 amide bonds. The highest BCUT2D eigenvalue weighted by molar-refractivity contribution is 5.97. The van der Waals surface area contributed by atoms with E-state index in [0.29, 0.717) is 23.7 Å². The van der Waals surface area contributed by atoms with Gasteiger partial charge in [0, 0.05) is 24.7 Å². The summed E-state index contributed by atoms with van der Waals surface area (Å²) in [5.41, 5.74) is 2.66. The number of amides is 3. The van der Waals surface area contributed by atoms with Crippen LogP contribution in [0.25, 0.3) is 0 Å². The van der Waals surface area contributed by atoms with Gasteiger partial charge in [-0.1, -0.05) is 60.7 Å². The van der Waals surface area contributed by atoms with Crippen LogP contribution in [-0.2, 0) is 4.79 Å². The number of anilines is 1. The summed E-state index contributed by atoms with van der Waals surface area (Å²) in [4.78, 5) is 27.2. The van der Waals surface area contributed by atoms with Crippen LogP contribution in [-0.4, -0.2) is 38.7 Å². The molecule has 0 spiro atoms. The summed E-state index contributed by atoms with van der Waals surface area (Å²) in [6.07, 6.45) is 0.225. The van der Waals surface area contributed by atoms with Gasteiger partial charge in [-0.3, -0.25) is 4.79 Å². The van der Waals surface area contributed by atoms with Crippen LogP contribution in [0.3, 0.4) is 0 Å². The van der Waals surface area contributed by atoms with Crippen LogP contribution in [0.15, 0.2) is 78.9 Å². The first-order valence-corrected chi connectivity index (χ1v) is 10.8. The van der Waals surface area contributed by atoms with E-state index in [-0.39, 0.29) is 30.4 Å².